The molecule has 0 spiro atoms. The summed E-state index contributed by atoms with van der Waals surface area (Å²) in [6, 6.07) is 15.4. The molecule has 0 N–H and O–H groups in total. The van der Waals surface area contributed by atoms with Crippen LogP contribution in [0.25, 0.3) is 11.3 Å². The number of aromatic nitrogens is 2. The van der Waals surface area contributed by atoms with E-state index in [-0.39, 0.29) is 12.2 Å². The maximum Gasteiger partial charge on any atom is 0.420 e. The standard InChI is InChI=1S/C17H12ClF3N2/c18-14-8-6-13(7-9-14)16-15(17(19,20)21)11-23(22-16)10-12-4-2-1-3-5-12/h1-9,11H,10H2. The highest BCUT2D eigenvalue weighted by Crippen LogP contribution is 2.36. The first-order valence-electron chi connectivity index (χ1n) is 6.88. The Hall–Kier alpha value is -2.27. The molecule has 0 fully saturated rings. The molecule has 0 atom stereocenters. The van der Waals surface area contributed by atoms with E-state index in [1.807, 2.05) is 30.3 Å². The Morgan fingerprint density at radius 2 is 1.61 bits per heavy atom. The van der Waals surface area contributed by atoms with E-state index in [0.29, 0.717) is 10.6 Å². The van der Waals surface area contributed by atoms with Crippen LogP contribution in [0.3, 0.4) is 0 Å². The summed E-state index contributed by atoms with van der Waals surface area (Å²) in [6.07, 6.45) is -3.43. The molecule has 0 bridgehead atoms. The third-order valence-corrected chi connectivity index (χ3v) is 3.62. The summed E-state index contributed by atoms with van der Waals surface area (Å²) in [5.41, 5.74) is 0.417. The van der Waals surface area contributed by atoms with E-state index in [1.165, 1.54) is 16.8 Å². The molecule has 0 radical (unpaired) electrons. The number of hydrogen-bond donors (Lipinski definition) is 0. The SMILES string of the molecule is FC(F)(F)c1cn(Cc2ccccc2)nc1-c1ccc(Cl)cc1. The van der Waals surface area contributed by atoms with Crippen LogP contribution >= 0.6 is 11.6 Å². The molecule has 0 amide bonds. The molecule has 0 unspecified atom stereocenters. The Bertz CT molecular complexity index is 793. The van der Waals surface area contributed by atoms with Gasteiger partial charge in [-0.3, -0.25) is 4.68 Å². The lowest BCUT2D eigenvalue weighted by molar-refractivity contribution is -0.137. The molecule has 1 aromatic heterocycles. The fraction of sp³-hybridized carbons (Fsp3) is 0.118. The summed E-state index contributed by atoms with van der Waals surface area (Å²) in [4.78, 5) is 0. The van der Waals surface area contributed by atoms with Crippen molar-refractivity contribution < 1.29 is 13.2 Å². The number of benzene rings is 2. The second-order valence-electron chi connectivity index (χ2n) is 5.08. The molecule has 23 heavy (non-hydrogen) atoms. The lowest BCUT2D eigenvalue weighted by atomic mass is 10.1. The van der Waals surface area contributed by atoms with Gasteiger partial charge in [-0.1, -0.05) is 54.1 Å². The van der Waals surface area contributed by atoms with Gasteiger partial charge in [0.05, 0.1) is 6.54 Å². The molecular weight excluding hydrogens is 325 g/mol. The monoisotopic (exact) mass is 336 g/mol. The van der Waals surface area contributed by atoms with Gasteiger partial charge in [0, 0.05) is 16.8 Å². The van der Waals surface area contributed by atoms with E-state index in [2.05, 4.69) is 5.10 Å². The topological polar surface area (TPSA) is 17.8 Å². The minimum absolute atomic E-state index is 0.0925. The average molecular weight is 337 g/mol. The summed E-state index contributed by atoms with van der Waals surface area (Å²) in [7, 11) is 0. The highest BCUT2D eigenvalue weighted by atomic mass is 35.5. The van der Waals surface area contributed by atoms with Crippen LogP contribution in [0.2, 0.25) is 5.02 Å². The number of nitrogens with zero attached hydrogens (tertiary/aromatic N) is 2. The normalized spacial score (nSPS) is 11.7. The van der Waals surface area contributed by atoms with Crippen molar-refractivity contribution in [1.29, 1.82) is 0 Å². The summed E-state index contributed by atoms with van der Waals surface area (Å²) >= 11 is 5.79. The van der Waals surface area contributed by atoms with E-state index >= 15 is 0 Å². The van der Waals surface area contributed by atoms with Crippen LogP contribution in [0.15, 0.2) is 60.8 Å². The molecule has 0 saturated carbocycles. The molecule has 3 aromatic rings. The smallest absolute Gasteiger partial charge is 0.267 e. The van der Waals surface area contributed by atoms with Crippen LogP contribution in [0.1, 0.15) is 11.1 Å². The molecule has 0 aliphatic rings. The van der Waals surface area contributed by atoms with Crippen LogP contribution in [0.4, 0.5) is 13.2 Å². The second kappa shape index (κ2) is 6.08. The van der Waals surface area contributed by atoms with Crippen molar-refractivity contribution in [2.45, 2.75) is 12.7 Å². The lowest BCUT2D eigenvalue weighted by Gasteiger charge is -2.06. The van der Waals surface area contributed by atoms with Gasteiger partial charge < -0.3 is 0 Å². The zero-order valence-corrected chi connectivity index (χ0v) is 12.6. The Kier molecular flexibility index (Phi) is 4.13. The molecule has 6 heteroatoms. The predicted molar refractivity (Wildman–Crippen MR) is 83.2 cm³/mol. The van der Waals surface area contributed by atoms with Gasteiger partial charge >= 0.3 is 6.18 Å². The van der Waals surface area contributed by atoms with Crippen LogP contribution in [-0.4, -0.2) is 9.78 Å². The van der Waals surface area contributed by atoms with Gasteiger partial charge in [0.25, 0.3) is 0 Å². The fourth-order valence-corrected chi connectivity index (χ4v) is 2.43. The Morgan fingerprint density at radius 3 is 2.22 bits per heavy atom. The third-order valence-electron chi connectivity index (χ3n) is 3.37. The zero-order valence-electron chi connectivity index (χ0n) is 11.9. The first-order chi connectivity index (χ1) is 10.9. The summed E-state index contributed by atoms with van der Waals surface area (Å²) in [6.45, 7) is 0.275. The van der Waals surface area contributed by atoms with Gasteiger partial charge in [-0.15, -0.1) is 0 Å². The van der Waals surface area contributed by atoms with Gasteiger partial charge in [-0.2, -0.15) is 18.3 Å². The van der Waals surface area contributed by atoms with Crippen molar-refractivity contribution in [1.82, 2.24) is 9.78 Å². The van der Waals surface area contributed by atoms with E-state index in [4.69, 9.17) is 11.6 Å². The number of alkyl halides is 3. The van der Waals surface area contributed by atoms with Crippen molar-refractivity contribution in [2.75, 3.05) is 0 Å². The Labute approximate surface area is 136 Å². The first kappa shape index (κ1) is 15.6. The van der Waals surface area contributed by atoms with Crippen LogP contribution in [0, 0.1) is 0 Å². The molecular formula is C17H12ClF3N2. The third kappa shape index (κ3) is 3.56. The zero-order chi connectivity index (χ0) is 16.4. The largest absolute Gasteiger partial charge is 0.420 e. The number of hydrogen-bond acceptors (Lipinski definition) is 1. The second-order valence-corrected chi connectivity index (χ2v) is 5.52. The van der Waals surface area contributed by atoms with E-state index in [0.717, 1.165) is 11.8 Å². The molecule has 1 heterocycles. The highest BCUT2D eigenvalue weighted by Gasteiger charge is 2.36. The van der Waals surface area contributed by atoms with Crippen molar-refractivity contribution >= 4 is 11.6 Å². The summed E-state index contributed by atoms with van der Waals surface area (Å²) < 4.78 is 41.2. The molecule has 2 aromatic carbocycles. The van der Waals surface area contributed by atoms with Crippen molar-refractivity contribution in [3.63, 3.8) is 0 Å². The van der Waals surface area contributed by atoms with Gasteiger partial charge in [0.1, 0.15) is 11.3 Å². The van der Waals surface area contributed by atoms with Gasteiger partial charge in [-0.05, 0) is 17.7 Å². The first-order valence-corrected chi connectivity index (χ1v) is 7.26. The predicted octanol–water partition coefficient (Wildman–Crippen LogP) is 5.27. The van der Waals surface area contributed by atoms with E-state index < -0.39 is 11.7 Å². The minimum Gasteiger partial charge on any atom is -0.267 e. The quantitative estimate of drug-likeness (QED) is 0.637. The van der Waals surface area contributed by atoms with Gasteiger partial charge in [0.2, 0.25) is 0 Å². The molecule has 3 rings (SSSR count). The fourth-order valence-electron chi connectivity index (χ4n) is 2.30. The maximum absolute atomic E-state index is 13.3. The van der Waals surface area contributed by atoms with Gasteiger partial charge in [0.15, 0.2) is 0 Å². The molecule has 2 nitrogen and oxygen atoms in total. The maximum atomic E-state index is 13.3. The minimum atomic E-state index is -4.47. The van der Waals surface area contributed by atoms with E-state index in [9.17, 15) is 13.2 Å². The Balaban J connectivity index is 2.02. The highest BCUT2D eigenvalue weighted by molar-refractivity contribution is 6.30. The average Bonchev–Trinajstić information content (AvgIpc) is 2.93. The molecule has 0 saturated heterocycles. The lowest BCUT2D eigenvalue weighted by Crippen LogP contribution is -2.05. The van der Waals surface area contributed by atoms with Crippen LogP contribution in [0.5, 0.6) is 0 Å². The van der Waals surface area contributed by atoms with Crippen molar-refractivity contribution in [3.05, 3.63) is 76.9 Å². The summed E-state index contributed by atoms with van der Waals surface area (Å²) in [5, 5.41) is 4.59. The summed E-state index contributed by atoms with van der Waals surface area (Å²) in [5.74, 6) is 0. The van der Waals surface area contributed by atoms with Crippen molar-refractivity contribution in [2.24, 2.45) is 0 Å². The van der Waals surface area contributed by atoms with Gasteiger partial charge in [-0.25, -0.2) is 0 Å². The van der Waals surface area contributed by atoms with E-state index in [1.54, 1.807) is 12.1 Å². The molecule has 118 valence electrons. The Morgan fingerprint density at radius 1 is 0.957 bits per heavy atom. The van der Waals surface area contributed by atoms with Crippen molar-refractivity contribution in [3.8, 4) is 11.3 Å². The molecule has 0 aliphatic heterocycles. The number of halogens is 4. The molecule has 0 aliphatic carbocycles. The van der Waals surface area contributed by atoms with Crippen LogP contribution in [-0.2, 0) is 12.7 Å². The van der Waals surface area contributed by atoms with Crippen LogP contribution < -0.4 is 0 Å². The number of rotatable bonds is 3.